The molecule has 178 valence electrons. The minimum absolute atomic E-state index is 0.00476. The molecular formula is C19H22N10O3S2. The molecule has 2 atom stereocenters. The van der Waals surface area contributed by atoms with Gasteiger partial charge in [0.2, 0.25) is 15.8 Å². The van der Waals surface area contributed by atoms with E-state index in [1.54, 1.807) is 24.3 Å². The van der Waals surface area contributed by atoms with Crippen LogP contribution in [0.15, 0.2) is 40.1 Å². The van der Waals surface area contributed by atoms with Crippen molar-refractivity contribution in [1.82, 2.24) is 40.6 Å². The van der Waals surface area contributed by atoms with E-state index in [0.29, 0.717) is 40.0 Å². The standard InChI is InChI=1S/C19H22N10O3S2/c20-19-23-13-3-1-2-12(16(13)24-19)11-4-5-14(33-27-9-6-10(8-30)22-7-9)17(34(21,31)32)15(11)18-25-28-29-26-18/h1-5,9-10,22,27,30H,6-8H2,(H3,20,23,24)(H2,21,31,32)(H,25,26,28,29)/t9-,10-/m1/s1. The Morgan fingerprint density at radius 3 is 2.79 bits per heavy atom. The molecule has 1 fully saturated rings. The third-order valence-electron chi connectivity index (χ3n) is 5.57. The van der Waals surface area contributed by atoms with Gasteiger partial charge in [-0.25, -0.2) is 18.5 Å². The van der Waals surface area contributed by atoms with Crippen molar-refractivity contribution in [3.05, 3.63) is 30.3 Å². The van der Waals surface area contributed by atoms with Gasteiger partial charge in [-0.15, -0.1) is 10.2 Å². The highest BCUT2D eigenvalue weighted by atomic mass is 32.2. The number of anilines is 1. The summed E-state index contributed by atoms with van der Waals surface area (Å²) in [6.45, 7) is 0.673. The quantitative estimate of drug-likeness (QED) is 0.166. The number of H-pyrrole nitrogens is 2. The molecule has 0 amide bonds. The number of hydrogen-bond acceptors (Lipinski definition) is 11. The number of rotatable bonds is 7. The van der Waals surface area contributed by atoms with Crippen LogP contribution >= 0.6 is 11.9 Å². The smallest absolute Gasteiger partial charge is 0.239 e. The van der Waals surface area contributed by atoms with Gasteiger partial charge in [0.1, 0.15) is 4.90 Å². The van der Waals surface area contributed by atoms with Gasteiger partial charge in [0.15, 0.2) is 5.95 Å². The Bertz CT molecular complexity index is 1440. The monoisotopic (exact) mass is 502 g/mol. The molecule has 15 heteroatoms. The maximum Gasteiger partial charge on any atom is 0.239 e. The first-order valence-electron chi connectivity index (χ1n) is 10.3. The number of nitrogens with two attached hydrogens (primary N) is 2. The number of fused-ring (bicyclic) bond motifs is 1. The van der Waals surface area contributed by atoms with Gasteiger partial charge < -0.3 is 21.1 Å². The van der Waals surface area contributed by atoms with E-state index in [1.165, 1.54) is 0 Å². The molecule has 2 aromatic carbocycles. The zero-order chi connectivity index (χ0) is 23.9. The molecule has 1 aliphatic rings. The summed E-state index contributed by atoms with van der Waals surface area (Å²) >= 11 is 1.15. The molecular weight excluding hydrogens is 480 g/mol. The highest BCUT2D eigenvalue weighted by Gasteiger charge is 2.29. The summed E-state index contributed by atoms with van der Waals surface area (Å²) in [7, 11) is -4.22. The number of para-hydroxylation sites is 1. The molecule has 3 heterocycles. The van der Waals surface area contributed by atoms with Crippen LogP contribution in [0.3, 0.4) is 0 Å². The van der Waals surface area contributed by atoms with Crippen molar-refractivity contribution in [3.8, 4) is 22.5 Å². The molecule has 0 unspecified atom stereocenters. The number of benzene rings is 2. The van der Waals surface area contributed by atoms with Gasteiger partial charge in [-0.3, -0.25) is 4.72 Å². The first kappa shape index (κ1) is 22.7. The number of nitrogens with one attached hydrogen (secondary N) is 4. The summed E-state index contributed by atoms with van der Waals surface area (Å²) in [5.74, 6) is 0.308. The lowest BCUT2D eigenvalue weighted by Gasteiger charge is -2.17. The Morgan fingerprint density at radius 2 is 2.09 bits per heavy atom. The lowest BCUT2D eigenvalue weighted by molar-refractivity contribution is 0.254. The van der Waals surface area contributed by atoms with Gasteiger partial charge in [-0.05, 0) is 41.3 Å². The maximum absolute atomic E-state index is 12.9. The fourth-order valence-electron chi connectivity index (χ4n) is 4.10. The number of aliphatic hydroxyl groups excluding tert-OH is 1. The van der Waals surface area contributed by atoms with E-state index in [0.717, 1.165) is 11.9 Å². The molecule has 0 bridgehead atoms. The number of nitrogens with zero attached hydrogens (tertiary/aromatic N) is 4. The summed E-state index contributed by atoms with van der Waals surface area (Å²) in [5, 5.41) is 32.3. The zero-order valence-electron chi connectivity index (χ0n) is 17.7. The molecule has 13 nitrogen and oxygen atoms in total. The molecule has 0 aliphatic carbocycles. The second-order valence-electron chi connectivity index (χ2n) is 7.86. The lowest BCUT2D eigenvalue weighted by Crippen LogP contribution is -2.26. The molecule has 1 saturated heterocycles. The van der Waals surface area contributed by atoms with Crippen LogP contribution in [-0.4, -0.2) is 69.4 Å². The molecule has 1 aliphatic heterocycles. The third-order valence-corrected chi connectivity index (χ3v) is 7.71. The van der Waals surface area contributed by atoms with Crippen molar-refractivity contribution in [2.24, 2.45) is 5.14 Å². The van der Waals surface area contributed by atoms with Gasteiger partial charge in [0.25, 0.3) is 0 Å². The Kier molecular flexibility index (Phi) is 5.97. The number of hydrogen-bond donors (Lipinski definition) is 7. The minimum atomic E-state index is -4.22. The Balaban J connectivity index is 1.66. The van der Waals surface area contributed by atoms with Crippen molar-refractivity contribution in [2.75, 3.05) is 18.9 Å². The van der Waals surface area contributed by atoms with E-state index >= 15 is 0 Å². The van der Waals surface area contributed by atoms with Crippen LogP contribution in [-0.2, 0) is 10.0 Å². The first-order valence-corrected chi connectivity index (χ1v) is 12.7. The van der Waals surface area contributed by atoms with Crippen LogP contribution in [0.1, 0.15) is 6.42 Å². The Labute approximate surface area is 198 Å². The molecule has 0 spiro atoms. The van der Waals surface area contributed by atoms with E-state index in [4.69, 9.17) is 10.9 Å². The fourth-order valence-corrected chi connectivity index (χ4v) is 6.22. The predicted molar refractivity (Wildman–Crippen MR) is 127 cm³/mol. The number of aromatic nitrogens is 6. The second kappa shape index (κ2) is 8.94. The van der Waals surface area contributed by atoms with E-state index in [9.17, 15) is 13.5 Å². The van der Waals surface area contributed by atoms with E-state index < -0.39 is 10.0 Å². The van der Waals surface area contributed by atoms with Crippen molar-refractivity contribution in [3.63, 3.8) is 0 Å². The highest BCUT2D eigenvalue weighted by Crippen LogP contribution is 2.41. The molecule has 34 heavy (non-hydrogen) atoms. The first-order chi connectivity index (χ1) is 16.3. The van der Waals surface area contributed by atoms with Crippen molar-refractivity contribution in [1.29, 1.82) is 0 Å². The number of sulfonamides is 1. The van der Waals surface area contributed by atoms with Gasteiger partial charge in [0.05, 0.1) is 23.2 Å². The summed E-state index contributed by atoms with van der Waals surface area (Å²) < 4.78 is 29.0. The van der Waals surface area contributed by atoms with Crippen LogP contribution in [0.4, 0.5) is 5.95 Å². The molecule has 0 saturated carbocycles. The number of aliphatic hydroxyl groups is 1. The molecule has 2 aromatic heterocycles. The van der Waals surface area contributed by atoms with Crippen LogP contribution < -0.4 is 20.9 Å². The molecule has 5 rings (SSSR count). The Morgan fingerprint density at radius 1 is 1.24 bits per heavy atom. The van der Waals surface area contributed by atoms with Gasteiger partial charge in [-0.2, -0.15) is 5.21 Å². The van der Waals surface area contributed by atoms with Gasteiger partial charge in [0, 0.05) is 29.1 Å². The summed E-state index contributed by atoms with van der Waals surface area (Å²) in [6, 6.07) is 8.91. The summed E-state index contributed by atoms with van der Waals surface area (Å²) in [4.78, 5) is 7.59. The average Bonchev–Trinajstić information content (AvgIpc) is 3.56. The lowest BCUT2D eigenvalue weighted by atomic mass is 9.98. The van der Waals surface area contributed by atoms with Crippen molar-refractivity contribution in [2.45, 2.75) is 28.3 Å². The van der Waals surface area contributed by atoms with Crippen molar-refractivity contribution < 1.29 is 13.5 Å². The third kappa shape index (κ3) is 4.24. The highest BCUT2D eigenvalue weighted by molar-refractivity contribution is 7.98. The SMILES string of the molecule is Nc1nc2c(-c3ccc(SN[C@H]4CN[C@@H](CO)C4)c(S(N)(=O)=O)c3-c3nn[nH]n3)cccc2[nH]1. The summed E-state index contributed by atoms with van der Waals surface area (Å²) in [5.41, 5.74) is 8.46. The number of aromatic amines is 2. The topological polar surface area (TPSA) is 214 Å². The van der Waals surface area contributed by atoms with Crippen LogP contribution in [0.5, 0.6) is 0 Å². The van der Waals surface area contributed by atoms with Gasteiger partial charge in [-0.1, -0.05) is 18.2 Å². The van der Waals surface area contributed by atoms with Crippen LogP contribution in [0.2, 0.25) is 0 Å². The second-order valence-corrected chi connectivity index (χ2v) is 10.2. The average molecular weight is 503 g/mol. The van der Waals surface area contributed by atoms with Crippen molar-refractivity contribution >= 4 is 39.0 Å². The fraction of sp³-hybridized carbons (Fsp3) is 0.263. The summed E-state index contributed by atoms with van der Waals surface area (Å²) in [6.07, 6.45) is 0.701. The molecule has 4 aromatic rings. The van der Waals surface area contributed by atoms with Gasteiger partial charge >= 0.3 is 0 Å². The largest absolute Gasteiger partial charge is 0.395 e. The number of imidazole rings is 1. The van der Waals surface area contributed by atoms with Crippen LogP contribution in [0.25, 0.3) is 33.5 Å². The van der Waals surface area contributed by atoms with Crippen LogP contribution in [0, 0.1) is 0 Å². The molecule has 0 radical (unpaired) electrons. The van der Waals surface area contributed by atoms with E-state index in [2.05, 4.69) is 40.6 Å². The number of primary sulfonamides is 1. The number of nitrogen functional groups attached to an aromatic ring is 1. The minimum Gasteiger partial charge on any atom is -0.395 e. The zero-order valence-corrected chi connectivity index (χ0v) is 19.3. The van der Waals surface area contributed by atoms with E-state index in [-0.39, 0.29) is 40.9 Å². The normalized spacial score (nSPS) is 18.6. The molecule has 9 N–H and O–H groups in total. The predicted octanol–water partition coefficient (Wildman–Crippen LogP) is -0.0409. The number of tetrazole rings is 1. The Hall–Kier alpha value is -3.08. The van der Waals surface area contributed by atoms with E-state index in [1.807, 2.05) is 6.07 Å². The maximum atomic E-state index is 12.9.